The van der Waals surface area contributed by atoms with Crippen molar-refractivity contribution in [3.05, 3.63) is 35.4 Å². The van der Waals surface area contributed by atoms with Crippen LogP contribution in [0.15, 0.2) is 24.3 Å². The van der Waals surface area contributed by atoms with Gasteiger partial charge in [0.25, 0.3) is 0 Å². The molecule has 2 rings (SSSR count). The van der Waals surface area contributed by atoms with Crippen molar-refractivity contribution < 1.29 is 14.6 Å². The summed E-state index contributed by atoms with van der Waals surface area (Å²) in [6.07, 6.45) is 0.0471. The number of ether oxygens (including phenoxy) is 1. The summed E-state index contributed by atoms with van der Waals surface area (Å²) in [5.41, 5.74) is 7.10. The van der Waals surface area contributed by atoms with Gasteiger partial charge in [-0.05, 0) is 17.5 Å². The largest absolute Gasteiger partial charge is 0.445 e. The van der Waals surface area contributed by atoms with Gasteiger partial charge in [-0.2, -0.15) is 0 Å². The van der Waals surface area contributed by atoms with Crippen LogP contribution in [-0.4, -0.2) is 35.3 Å². The smallest absolute Gasteiger partial charge is 0.404 e. The van der Waals surface area contributed by atoms with Crippen LogP contribution < -0.4 is 5.73 Å². The van der Waals surface area contributed by atoms with Crippen LogP contribution in [0.25, 0.3) is 0 Å². The lowest BCUT2D eigenvalue weighted by Crippen LogP contribution is -2.26. The Bertz CT molecular complexity index is 405. The van der Waals surface area contributed by atoms with Gasteiger partial charge in [-0.25, -0.2) is 4.79 Å². The molecular weight excluding hydrogens is 232 g/mol. The summed E-state index contributed by atoms with van der Waals surface area (Å²) in [5.74, 6) is 0. The molecule has 1 aliphatic rings. The number of hydrogen-bond acceptors (Lipinski definition) is 4. The van der Waals surface area contributed by atoms with E-state index in [9.17, 15) is 4.79 Å². The van der Waals surface area contributed by atoms with Gasteiger partial charge in [0, 0.05) is 19.6 Å². The van der Waals surface area contributed by atoms with Crippen LogP contribution in [0.2, 0.25) is 0 Å². The van der Waals surface area contributed by atoms with Crippen LogP contribution in [0.4, 0.5) is 4.79 Å². The lowest BCUT2D eigenvalue weighted by molar-refractivity contribution is 0.109. The Labute approximate surface area is 106 Å². The maximum atomic E-state index is 10.6. The average molecular weight is 250 g/mol. The Morgan fingerprint density at radius 2 is 2.06 bits per heavy atom. The van der Waals surface area contributed by atoms with Crippen LogP contribution in [0.5, 0.6) is 0 Å². The molecule has 1 amide bonds. The van der Waals surface area contributed by atoms with Gasteiger partial charge in [-0.1, -0.05) is 24.3 Å². The molecule has 1 aromatic carbocycles. The van der Waals surface area contributed by atoms with Gasteiger partial charge < -0.3 is 15.6 Å². The van der Waals surface area contributed by atoms with E-state index >= 15 is 0 Å². The zero-order valence-corrected chi connectivity index (χ0v) is 10.2. The third-order valence-electron chi connectivity index (χ3n) is 3.12. The van der Waals surface area contributed by atoms with Crippen molar-refractivity contribution in [2.75, 3.05) is 13.1 Å². The Morgan fingerprint density at radius 1 is 1.39 bits per heavy atom. The summed E-state index contributed by atoms with van der Waals surface area (Å²) in [5, 5.41) is 8.96. The average Bonchev–Trinajstić information content (AvgIpc) is 2.76. The van der Waals surface area contributed by atoms with E-state index in [1.165, 1.54) is 5.56 Å². The van der Waals surface area contributed by atoms with Crippen molar-refractivity contribution in [2.45, 2.75) is 25.7 Å². The standard InChI is InChI=1S/C13H18N2O3/c14-13(17)18-12-5-6-15(8-12)7-10-1-3-11(9-16)4-2-10/h1-4,12,16H,5-9H2,(H2,14,17)/t12-/m1/s1. The maximum absolute atomic E-state index is 10.6. The SMILES string of the molecule is NC(=O)O[C@@H]1CCN(Cc2ccc(CO)cc2)C1. The second-order valence-electron chi connectivity index (χ2n) is 4.56. The normalized spacial score (nSPS) is 19.9. The predicted molar refractivity (Wildman–Crippen MR) is 66.7 cm³/mol. The first-order chi connectivity index (χ1) is 8.67. The first-order valence-corrected chi connectivity index (χ1v) is 6.04. The highest BCUT2D eigenvalue weighted by Crippen LogP contribution is 2.16. The van der Waals surface area contributed by atoms with Gasteiger partial charge in [0.2, 0.25) is 0 Å². The molecule has 0 bridgehead atoms. The Kier molecular flexibility index (Phi) is 4.17. The molecule has 0 unspecified atom stereocenters. The minimum Gasteiger partial charge on any atom is -0.445 e. The van der Waals surface area contributed by atoms with Gasteiger partial charge in [0.1, 0.15) is 6.10 Å². The molecule has 0 saturated carbocycles. The fraction of sp³-hybridized carbons (Fsp3) is 0.462. The van der Waals surface area contributed by atoms with E-state index < -0.39 is 6.09 Å². The Hall–Kier alpha value is -1.59. The molecule has 1 saturated heterocycles. The van der Waals surface area contributed by atoms with Gasteiger partial charge >= 0.3 is 6.09 Å². The van der Waals surface area contributed by atoms with Crippen LogP contribution >= 0.6 is 0 Å². The zero-order chi connectivity index (χ0) is 13.0. The predicted octanol–water partition coefficient (Wildman–Crippen LogP) is 0.849. The molecule has 1 aliphatic heterocycles. The number of amides is 1. The van der Waals surface area contributed by atoms with Gasteiger partial charge in [0.05, 0.1) is 6.61 Å². The maximum Gasteiger partial charge on any atom is 0.404 e. The number of likely N-dealkylation sites (tertiary alicyclic amines) is 1. The second kappa shape index (κ2) is 5.84. The molecule has 0 radical (unpaired) electrons. The van der Waals surface area contributed by atoms with Gasteiger partial charge in [-0.15, -0.1) is 0 Å². The summed E-state index contributed by atoms with van der Waals surface area (Å²) in [7, 11) is 0. The van der Waals surface area contributed by atoms with Crippen molar-refractivity contribution in [2.24, 2.45) is 5.73 Å². The number of hydrogen-bond donors (Lipinski definition) is 2. The number of nitrogens with two attached hydrogens (primary N) is 1. The molecule has 1 heterocycles. The number of benzene rings is 1. The molecule has 5 nitrogen and oxygen atoms in total. The van der Waals surface area contributed by atoms with Crippen molar-refractivity contribution in [1.29, 1.82) is 0 Å². The fourth-order valence-corrected chi connectivity index (χ4v) is 2.21. The third-order valence-corrected chi connectivity index (χ3v) is 3.12. The van der Waals surface area contributed by atoms with Crippen LogP contribution in [0.3, 0.4) is 0 Å². The first-order valence-electron chi connectivity index (χ1n) is 6.04. The molecule has 0 aromatic heterocycles. The lowest BCUT2D eigenvalue weighted by atomic mass is 10.1. The third kappa shape index (κ3) is 3.45. The van der Waals surface area contributed by atoms with E-state index in [1.807, 2.05) is 24.3 Å². The van der Waals surface area contributed by atoms with Crippen LogP contribution in [-0.2, 0) is 17.9 Å². The monoisotopic (exact) mass is 250 g/mol. The highest BCUT2D eigenvalue weighted by Gasteiger charge is 2.24. The van der Waals surface area contributed by atoms with E-state index in [2.05, 4.69) is 4.90 Å². The molecule has 1 aromatic rings. The van der Waals surface area contributed by atoms with Crippen LogP contribution in [0, 0.1) is 0 Å². The number of aliphatic hydroxyl groups is 1. The van der Waals surface area contributed by atoms with Gasteiger partial charge in [-0.3, -0.25) is 4.90 Å². The topological polar surface area (TPSA) is 75.8 Å². The summed E-state index contributed by atoms with van der Waals surface area (Å²) in [4.78, 5) is 12.9. The molecule has 1 atom stereocenters. The fourth-order valence-electron chi connectivity index (χ4n) is 2.21. The summed E-state index contributed by atoms with van der Waals surface area (Å²) < 4.78 is 4.98. The molecule has 98 valence electrons. The molecule has 0 spiro atoms. The second-order valence-corrected chi connectivity index (χ2v) is 4.56. The molecule has 18 heavy (non-hydrogen) atoms. The highest BCUT2D eigenvalue weighted by atomic mass is 16.6. The van der Waals surface area contributed by atoms with Crippen molar-refractivity contribution in [3.63, 3.8) is 0 Å². The van der Waals surface area contributed by atoms with E-state index in [4.69, 9.17) is 15.6 Å². The van der Waals surface area contributed by atoms with E-state index in [0.717, 1.165) is 31.6 Å². The van der Waals surface area contributed by atoms with Crippen molar-refractivity contribution >= 4 is 6.09 Å². The van der Waals surface area contributed by atoms with Crippen LogP contribution in [0.1, 0.15) is 17.5 Å². The number of aliphatic hydroxyl groups excluding tert-OH is 1. The summed E-state index contributed by atoms with van der Waals surface area (Å²) in [6.45, 7) is 2.52. The molecule has 0 aliphatic carbocycles. The molecule has 5 heteroatoms. The number of nitrogens with zero attached hydrogens (tertiary/aromatic N) is 1. The zero-order valence-electron chi connectivity index (χ0n) is 10.2. The first kappa shape index (κ1) is 12.9. The quantitative estimate of drug-likeness (QED) is 0.830. The number of primary amides is 1. The molecule has 3 N–H and O–H groups in total. The van der Waals surface area contributed by atoms with Crippen molar-refractivity contribution in [3.8, 4) is 0 Å². The summed E-state index contributed by atoms with van der Waals surface area (Å²) >= 11 is 0. The van der Waals surface area contributed by atoms with E-state index in [-0.39, 0.29) is 12.7 Å². The number of carbonyl (C=O) groups excluding carboxylic acids is 1. The van der Waals surface area contributed by atoms with E-state index in [0.29, 0.717) is 0 Å². The van der Waals surface area contributed by atoms with Gasteiger partial charge in [0.15, 0.2) is 0 Å². The number of carbonyl (C=O) groups is 1. The lowest BCUT2D eigenvalue weighted by Gasteiger charge is -2.16. The highest BCUT2D eigenvalue weighted by molar-refractivity contribution is 5.64. The molecule has 1 fully saturated rings. The minimum atomic E-state index is -0.700. The Balaban J connectivity index is 1.85. The Morgan fingerprint density at radius 3 is 2.67 bits per heavy atom. The van der Waals surface area contributed by atoms with Crippen molar-refractivity contribution in [1.82, 2.24) is 4.90 Å². The minimum absolute atomic E-state index is 0.0680. The van der Waals surface area contributed by atoms with E-state index in [1.54, 1.807) is 0 Å². The summed E-state index contributed by atoms with van der Waals surface area (Å²) in [6, 6.07) is 7.85. The molecular formula is C13H18N2O3. The number of rotatable bonds is 4.